The molecular weight excluding hydrogens is 341 g/mol. The molecule has 0 bridgehead atoms. The van der Waals surface area contributed by atoms with Gasteiger partial charge in [-0.05, 0) is 38.1 Å². The van der Waals surface area contributed by atoms with Crippen LogP contribution >= 0.6 is 0 Å². The summed E-state index contributed by atoms with van der Waals surface area (Å²) in [6.07, 6.45) is -1.16. The Bertz CT molecular complexity index is 850. The number of nitrogens with one attached hydrogen (secondary N) is 1. The summed E-state index contributed by atoms with van der Waals surface area (Å²) in [6, 6.07) is 10.0. The molecule has 0 radical (unpaired) electrons. The van der Waals surface area contributed by atoms with E-state index in [4.69, 9.17) is 9.47 Å². The van der Waals surface area contributed by atoms with Gasteiger partial charge in [0.15, 0.2) is 11.9 Å². The van der Waals surface area contributed by atoms with E-state index in [0.29, 0.717) is 11.3 Å². The Morgan fingerprint density at radius 1 is 1.12 bits per heavy atom. The Morgan fingerprint density at radius 2 is 1.85 bits per heavy atom. The van der Waals surface area contributed by atoms with Crippen molar-refractivity contribution in [1.29, 1.82) is 0 Å². The minimum Gasteiger partial charge on any atom is -0.497 e. The molecule has 1 unspecified atom stereocenters. The third-order valence-electron chi connectivity index (χ3n) is 3.59. The number of benzene rings is 2. The van der Waals surface area contributed by atoms with Crippen LogP contribution in [0.4, 0.5) is 10.1 Å². The fourth-order valence-electron chi connectivity index (χ4n) is 2.13. The fourth-order valence-corrected chi connectivity index (χ4v) is 2.13. The van der Waals surface area contributed by atoms with Crippen molar-refractivity contribution in [2.24, 2.45) is 0 Å². The second-order valence-corrected chi connectivity index (χ2v) is 5.52. The molecule has 7 heteroatoms. The molecule has 0 spiro atoms. The number of Topliss-reactive ketones (excluding diaryl/α,β-unsaturated/α-hetero) is 1. The molecule has 1 amide bonds. The Hall–Kier alpha value is -3.22. The molecule has 0 aliphatic heterocycles. The van der Waals surface area contributed by atoms with E-state index in [0.717, 1.165) is 6.07 Å². The molecule has 1 atom stereocenters. The predicted octanol–water partition coefficient (Wildman–Crippen LogP) is 3.22. The summed E-state index contributed by atoms with van der Waals surface area (Å²) in [6.45, 7) is 2.78. The Morgan fingerprint density at radius 3 is 2.46 bits per heavy atom. The summed E-state index contributed by atoms with van der Waals surface area (Å²) in [7, 11) is 1.38. The molecule has 26 heavy (non-hydrogen) atoms. The molecule has 2 rings (SSSR count). The van der Waals surface area contributed by atoms with Crippen molar-refractivity contribution in [1.82, 2.24) is 0 Å². The fraction of sp³-hybridized carbons (Fsp3) is 0.211. The van der Waals surface area contributed by atoms with E-state index < -0.39 is 23.8 Å². The monoisotopic (exact) mass is 359 g/mol. The zero-order chi connectivity index (χ0) is 19.3. The lowest BCUT2D eigenvalue weighted by molar-refractivity contribution is -0.123. The number of hydrogen-bond donors (Lipinski definition) is 1. The van der Waals surface area contributed by atoms with Gasteiger partial charge in [-0.25, -0.2) is 9.18 Å². The first-order valence-corrected chi connectivity index (χ1v) is 7.78. The minimum atomic E-state index is -1.16. The third-order valence-corrected chi connectivity index (χ3v) is 3.59. The van der Waals surface area contributed by atoms with E-state index in [1.807, 2.05) is 0 Å². The van der Waals surface area contributed by atoms with Gasteiger partial charge in [0, 0.05) is 17.3 Å². The first kappa shape index (κ1) is 19.1. The molecule has 2 aromatic rings. The van der Waals surface area contributed by atoms with Crippen molar-refractivity contribution in [2.75, 3.05) is 12.4 Å². The highest BCUT2D eigenvalue weighted by atomic mass is 19.1. The number of rotatable bonds is 6. The third kappa shape index (κ3) is 4.66. The maximum atomic E-state index is 13.9. The summed E-state index contributed by atoms with van der Waals surface area (Å²) in [5, 5.41) is 2.54. The molecule has 0 heterocycles. The first-order chi connectivity index (χ1) is 12.3. The Balaban J connectivity index is 2.03. The van der Waals surface area contributed by atoms with E-state index in [9.17, 15) is 18.8 Å². The van der Waals surface area contributed by atoms with Crippen LogP contribution < -0.4 is 10.1 Å². The minimum absolute atomic E-state index is 0.143. The maximum Gasteiger partial charge on any atom is 0.341 e. The van der Waals surface area contributed by atoms with Crippen LogP contribution in [-0.4, -0.2) is 30.9 Å². The van der Waals surface area contributed by atoms with Gasteiger partial charge in [-0.15, -0.1) is 0 Å². The molecule has 6 nitrogen and oxygen atoms in total. The number of halogens is 1. The van der Waals surface area contributed by atoms with Crippen LogP contribution in [0, 0.1) is 5.82 Å². The first-order valence-electron chi connectivity index (χ1n) is 7.78. The standard InChI is InChI=1S/C19H18FNO5/c1-11(22)13-5-4-6-14(9-13)21-18(23)12(2)26-19(24)16-8-7-15(25-3)10-17(16)20/h4-10,12H,1-3H3,(H,21,23). The summed E-state index contributed by atoms with van der Waals surface area (Å²) in [4.78, 5) is 35.6. The predicted molar refractivity (Wildman–Crippen MR) is 92.9 cm³/mol. The number of esters is 1. The van der Waals surface area contributed by atoms with E-state index in [1.165, 1.54) is 39.2 Å². The number of methoxy groups -OCH3 is 1. The second-order valence-electron chi connectivity index (χ2n) is 5.52. The van der Waals surface area contributed by atoms with Gasteiger partial charge in [0.25, 0.3) is 5.91 Å². The molecule has 136 valence electrons. The van der Waals surface area contributed by atoms with E-state index in [2.05, 4.69) is 5.32 Å². The molecule has 0 aromatic heterocycles. The lowest BCUT2D eigenvalue weighted by Gasteiger charge is -2.14. The van der Waals surface area contributed by atoms with Crippen LogP contribution in [0.2, 0.25) is 0 Å². The van der Waals surface area contributed by atoms with Crippen molar-refractivity contribution < 1.29 is 28.2 Å². The summed E-state index contributed by atoms with van der Waals surface area (Å²) in [5.41, 5.74) is 0.526. The van der Waals surface area contributed by atoms with Gasteiger partial charge >= 0.3 is 5.97 Å². The number of carbonyl (C=O) groups is 3. The van der Waals surface area contributed by atoms with Crippen molar-refractivity contribution in [2.45, 2.75) is 20.0 Å². The van der Waals surface area contributed by atoms with Gasteiger partial charge < -0.3 is 14.8 Å². The maximum absolute atomic E-state index is 13.9. The average molecular weight is 359 g/mol. The zero-order valence-electron chi connectivity index (χ0n) is 14.5. The summed E-state index contributed by atoms with van der Waals surface area (Å²) in [5.74, 6) is -2.26. The lowest BCUT2D eigenvalue weighted by atomic mass is 10.1. The SMILES string of the molecule is COc1ccc(C(=O)OC(C)C(=O)Nc2cccc(C(C)=O)c2)c(F)c1. The second kappa shape index (κ2) is 8.24. The number of anilines is 1. The summed E-state index contributed by atoms with van der Waals surface area (Å²) >= 11 is 0. The van der Waals surface area contributed by atoms with Gasteiger partial charge in [-0.3, -0.25) is 9.59 Å². The number of amides is 1. The molecule has 1 N–H and O–H groups in total. The normalized spacial score (nSPS) is 11.4. The zero-order valence-corrected chi connectivity index (χ0v) is 14.5. The Labute approximate surface area is 149 Å². The topological polar surface area (TPSA) is 81.7 Å². The lowest BCUT2D eigenvalue weighted by Crippen LogP contribution is -2.30. The van der Waals surface area contributed by atoms with Crippen LogP contribution in [0.15, 0.2) is 42.5 Å². The van der Waals surface area contributed by atoms with Crippen molar-refractivity contribution in [3.05, 3.63) is 59.4 Å². The molecule has 0 saturated heterocycles. The molecular formula is C19H18FNO5. The molecule has 0 fully saturated rings. The number of carbonyl (C=O) groups excluding carboxylic acids is 3. The van der Waals surface area contributed by atoms with Crippen LogP contribution in [-0.2, 0) is 9.53 Å². The van der Waals surface area contributed by atoms with E-state index in [1.54, 1.807) is 18.2 Å². The van der Waals surface area contributed by atoms with Crippen molar-refractivity contribution in [3.63, 3.8) is 0 Å². The van der Waals surface area contributed by atoms with Gasteiger partial charge in [0.1, 0.15) is 11.6 Å². The molecule has 0 aliphatic carbocycles. The number of ether oxygens (including phenoxy) is 2. The van der Waals surface area contributed by atoms with Crippen LogP contribution in [0.25, 0.3) is 0 Å². The van der Waals surface area contributed by atoms with Crippen LogP contribution in [0.1, 0.15) is 34.6 Å². The number of ketones is 1. The highest BCUT2D eigenvalue weighted by Crippen LogP contribution is 2.18. The van der Waals surface area contributed by atoms with Gasteiger partial charge in [-0.2, -0.15) is 0 Å². The Kier molecular flexibility index (Phi) is 6.06. The van der Waals surface area contributed by atoms with Crippen molar-refractivity contribution in [3.8, 4) is 5.75 Å². The van der Waals surface area contributed by atoms with Gasteiger partial charge in [0.2, 0.25) is 0 Å². The summed E-state index contributed by atoms with van der Waals surface area (Å²) < 4.78 is 23.8. The highest BCUT2D eigenvalue weighted by Gasteiger charge is 2.21. The molecule has 0 aliphatic rings. The molecule has 0 saturated carbocycles. The van der Waals surface area contributed by atoms with Gasteiger partial charge in [-0.1, -0.05) is 12.1 Å². The van der Waals surface area contributed by atoms with E-state index >= 15 is 0 Å². The highest BCUT2D eigenvalue weighted by molar-refractivity contribution is 5.99. The van der Waals surface area contributed by atoms with Crippen LogP contribution in [0.3, 0.4) is 0 Å². The average Bonchev–Trinajstić information content (AvgIpc) is 2.61. The molecule has 2 aromatic carbocycles. The van der Waals surface area contributed by atoms with Crippen LogP contribution in [0.5, 0.6) is 5.75 Å². The quantitative estimate of drug-likeness (QED) is 0.633. The van der Waals surface area contributed by atoms with E-state index in [-0.39, 0.29) is 17.1 Å². The van der Waals surface area contributed by atoms with Gasteiger partial charge in [0.05, 0.1) is 12.7 Å². The smallest absolute Gasteiger partial charge is 0.341 e. The van der Waals surface area contributed by atoms with Crippen molar-refractivity contribution >= 4 is 23.3 Å². The number of hydrogen-bond acceptors (Lipinski definition) is 5. The largest absolute Gasteiger partial charge is 0.497 e.